The molecule has 0 saturated heterocycles. The highest BCUT2D eigenvalue weighted by Crippen LogP contribution is 2.28. The van der Waals surface area contributed by atoms with Gasteiger partial charge in [-0.3, -0.25) is 19.7 Å². The van der Waals surface area contributed by atoms with Crippen LogP contribution in [0, 0.1) is 10.1 Å². The Morgan fingerprint density at radius 2 is 1.75 bits per heavy atom. The molecule has 1 N–H and O–H groups in total. The highest BCUT2D eigenvalue weighted by atomic mass is 32.2. The van der Waals surface area contributed by atoms with Gasteiger partial charge in [-0.05, 0) is 26.0 Å². The lowest BCUT2D eigenvalue weighted by atomic mass is 10.0. The van der Waals surface area contributed by atoms with Crippen LogP contribution in [0.15, 0.2) is 59.5 Å². The van der Waals surface area contributed by atoms with Crippen molar-refractivity contribution in [3.05, 3.63) is 70.3 Å². The number of para-hydroxylation sites is 1. The number of nitro benzene ring substituents is 1. The van der Waals surface area contributed by atoms with E-state index in [-0.39, 0.29) is 35.4 Å². The average molecular weight is 402 g/mol. The summed E-state index contributed by atoms with van der Waals surface area (Å²) in [5.74, 6) is -0.732. The van der Waals surface area contributed by atoms with Crippen molar-refractivity contribution in [1.29, 1.82) is 0 Å². The predicted molar refractivity (Wildman–Crippen MR) is 107 cm³/mol. The van der Waals surface area contributed by atoms with Gasteiger partial charge in [0, 0.05) is 11.0 Å². The molecule has 2 aromatic rings. The van der Waals surface area contributed by atoms with E-state index in [2.05, 4.69) is 5.32 Å². The molecule has 148 valence electrons. The second-order valence-corrected chi connectivity index (χ2v) is 7.33. The third-order valence-electron chi connectivity index (χ3n) is 3.70. The van der Waals surface area contributed by atoms with Crippen LogP contribution in [-0.2, 0) is 14.3 Å². The molecule has 0 bridgehead atoms. The summed E-state index contributed by atoms with van der Waals surface area (Å²) in [6.07, 6.45) is -0.506. The second kappa shape index (κ2) is 10.5. The van der Waals surface area contributed by atoms with Gasteiger partial charge in [-0.25, -0.2) is 0 Å². The van der Waals surface area contributed by atoms with Crippen LogP contribution in [0.3, 0.4) is 0 Å². The number of thioether (sulfide) groups is 1. The van der Waals surface area contributed by atoms with Crippen LogP contribution in [0.25, 0.3) is 0 Å². The van der Waals surface area contributed by atoms with Crippen molar-refractivity contribution >= 4 is 29.3 Å². The van der Waals surface area contributed by atoms with Crippen molar-refractivity contribution in [3.63, 3.8) is 0 Å². The summed E-state index contributed by atoms with van der Waals surface area (Å²) in [7, 11) is 0. The number of hydrogen-bond acceptors (Lipinski definition) is 6. The number of ether oxygens (including phenoxy) is 1. The van der Waals surface area contributed by atoms with Crippen LogP contribution in [-0.4, -0.2) is 28.7 Å². The lowest BCUT2D eigenvalue weighted by Gasteiger charge is -2.19. The molecule has 7 nitrogen and oxygen atoms in total. The van der Waals surface area contributed by atoms with Crippen LogP contribution < -0.4 is 5.32 Å². The number of hydrogen-bond donors (Lipinski definition) is 1. The number of benzene rings is 2. The van der Waals surface area contributed by atoms with Gasteiger partial charge >= 0.3 is 5.97 Å². The Balaban J connectivity index is 2.15. The average Bonchev–Trinajstić information content (AvgIpc) is 2.66. The maximum atomic E-state index is 12.4. The van der Waals surface area contributed by atoms with Gasteiger partial charge in [-0.1, -0.05) is 36.4 Å². The zero-order valence-electron chi connectivity index (χ0n) is 15.7. The Hall–Kier alpha value is -2.87. The van der Waals surface area contributed by atoms with E-state index in [9.17, 15) is 19.7 Å². The van der Waals surface area contributed by atoms with Gasteiger partial charge in [0.25, 0.3) is 5.69 Å². The molecule has 0 fully saturated rings. The Morgan fingerprint density at radius 3 is 2.39 bits per heavy atom. The molecule has 0 aliphatic heterocycles. The SMILES string of the molecule is CC(C)OC(=O)CC(NC(=O)CSc1ccccc1)c1ccccc1[N+](=O)[O-]. The molecule has 0 aromatic heterocycles. The van der Waals surface area contributed by atoms with E-state index in [0.29, 0.717) is 0 Å². The first-order chi connectivity index (χ1) is 13.4. The van der Waals surface area contributed by atoms with Crippen molar-refractivity contribution < 1.29 is 19.2 Å². The van der Waals surface area contributed by atoms with Crippen LogP contribution in [0.2, 0.25) is 0 Å². The Morgan fingerprint density at radius 1 is 1.11 bits per heavy atom. The normalized spacial score (nSPS) is 11.7. The topological polar surface area (TPSA) is 98.5 Å². The minimum atomic E-state index is -0.850. The molecule has 0 aliphatic carbocycles. The second-order valence-electron chi connectivity index (χ2n) is 6.28. The number of nitrogens with one attached hydrogen (secondary N) is 1. The molecule has 2 aromatic carbocycles. The van der Waals surface area contributed by atoms with E-state index in [1.165, 1.54) is 30.0 Å². The summed E-state index contributed by atoms with van der Waals surface area (Å²) >= 11 is 1.34. The van der Waals surface area contributed by atoms with Crippen molar-refractivity contribution in [1.82, 2.24) is 5.32 Å². The van der Waals surface area contributed by atoms with E-state index in [1.54, 1.807) is 19.9 Å². The summed E-state index contributed by atoms with van der Waals surface area (Å²) in [6, 6.07) is 14.6. The first kappa shape index (κ1) is 21.4. The maximum Gasteiger partial charge on any atom is 0.308 e. The number of nitro groups is 1. The van der Waals surface area contributed by atoms with Crippen LogP contribution >= 0.6 is 11.8 Å². The molecule has 8 heteroatoms. The Kier molecular flexibility index (Phi) is 8.01. The summed E-state index contributed by atoms with van der Waals surface area (Å²) in [4.78, 5) is 36.3. The number of carbonyl (C=O) groups is 2. The molecule has 1 unspecified atom stereocenters. The molecule has 28 heavy (non-hydrogen) atoms. The zero-order valence-corrected chi connectivity index (χ0v) is 16.5. The van der Waals surface area contributed by atoms with Gasteiger partial charge in [0.2, 0.25) is 5.91 Å². The first-order valence-corrected chi connectivity index (χ1v) is 9.75. The fraction of sp³-hybridized carbons (Fsp3) is 0.300. The van der Waals surface area contributed by atoms with E-state index >= 15 is 0 Å². The molecule has 1 atom stereocenters. The van der Waals surface area contributed by atoms with Crippen molar-refractivity contribution in [2.24, 2.45) is 0 Å². The third-order valence-corrected chi connectivity index (χ3v) is 4.71. The number of rotatable bonds is 9. The molecule has 0 spiro atoms. The van der Waals surface area contributed by atoms with E-state index in [1.807, 2.05) is 30.3 Å². The molecule has 1 amide bonds. The maximum absolute atomic E-state index is 12.4. The van der Waals surface area contributed by atoms with Gasteiger partial charge < -0.3 is 10.1 Å². The summed E-state index contributed by atoms with van der Waals surface area (Å²) in [6.45, 7) is 3.43. The van der Waals surface area contributed by atoms with Crippen LogP contribution in [0.5, 0.6) is 0 Å². The zero-order chi connectivity index (χ0) is 20.5. The molecule has 2 rings (SSSR count). The summed E-state index contributed by atoms with van der Waals surface area (Å²) < 4.78 is 5.15. The van der Waals surface area contributed by atoms with Gasteiger partial charge in [-0.15, -0.1) is 11.8 Å². The van der Waals surface area contributed by atoms with Crippen molar-refractivity contribution in [3.8, 4) is 0 Å². The van der Waals surface area contributed by atoms with Crippen molar-refractivity contribution in [2.75, 3.05) is 5.75 Å². The lowest BCUT2D eigenvalue weighted by Crippen LogP contribution is -2.32. The van der Waals surface area contributed by atoms with Gasteiger partial charge in [-0.2, -0.15) is 0 Å². The molecule has 0 radical (unpaired) electrons. The highest BCUT2D eigenvalue weighted by molar-refractivity contribution is 8.00. The van der Waals surface area contributed by atoms with Crippen LogP contribution in [0.1, 0.15) is 31.9 Å². The number of esters is 1. The number of carbonyl (C=O) groups excluding carboxylic acids is 2. The fourth-order valence-corrected chi connectivity index (χ4v) is 3.30. The van der Waals surface area contributed by atoms with E-state index < -0.39 is 16.9 Å². The number of nitrogens with zero attached hydrogens (tertiary/aromatic N) is 1. The first-order valence-electron chi connectivity index (χ1n) is 8.77. The predicted octanol–water partition coefficient (Wildman–Crippen LogP) is 3.89. The minimum Gasteiger partial charge on any atom is -0.463 e. The van der Waals surface area contributed by atoms with Gasteiger partial charge in [0.1, 0.15) is 0 Å². The van der Waals surface area contributed by atoms with Crippen LogP contribution in [0.4, 0.5) is 5.69 Å². The number of amides is 1. The Labute approximate surface area is 167 Å². The van der Waals surface area contributed by atoms with E-state index in [4.69, 9.17) is 4.74 Å². The lowest BCUT2D eigenvalue weighted by molar-refractivity contribution is -0.385. The third kappa shape index (κ3) is 6.70. The summed E-state index contributed by atoms with van der Waals surface area (Å²) in [5, 5.41) is 14.1. The quantitative estimate of drug-likeness (QED) is 0.296. The van der Waals surface area contributed by atoms with Gasteiger partial charge in [0.05, 0.1) is 34.8 Å². The monoisotopic (exact) mass is 402 g/mol. The molecular formula is C20H22N2O5S. The van der Waals surface area contributed by atoms with Crippen molar-refractivity contribution in [2.45, 2.75) is 37.3 Å². The molecular weight excluding hydrogens is 380 g/mol. The summed E-state index contributed by atoms with van der Waals surface area (Å²) in [5.41, 5.74) is 0.118. The standard InChI is InChI=1S/C20H22N2O5S/c1-14(2)27-20(24)12-17(16-10-6-7-11-18(16)22(25)26)21-19(23)13-28-15-8-4-3-5-9-15/h3-11,14,17H,12-13H2,1-2H3,(H,21,23). The van der Waals surface area contributed by atoms with Gasteiger partial charge in [0.15, 0.2) is 0 Å². The highest BCUT2D eigenvalue weighted by Gasteiger charge is 2.26. The minimum absolute atomic E-state index is 0.125. The largest absolute Gasteiger partial charge is 0.463 e. The molecule has 0 aliphatic rings. The smallest absolute Gasteiger partial charge is 0.308 e. The fourth-order valence-electron chi connectivity index (χ4n) is 2.57. The van der Waals surface area contributed by atoms with E-state index in [0.717, 1.165) is 4.90 Å². The molecule has 0 saturated carbocycles. The molecule has 0 heterocycles. The Bertz CT molecular complexity index is 826.